The molecule has 1 fully saturated rings. The average molecular weight is 916 g/mol. The summed E-state index contributed by atoms with van der Waals surface area (Å²) < 4.78 is 34.7. The average Bonchev–Trinajstić information content (AvgIpc) is 3.78. The highest BCUT2D eigenvalue weighted by molar-refractivity contribution is 7.22. The number of benzene rings is 4. The van der Waals surface area contributed by atoms with Gasteiger partial charge in [-0.3, -0.25) is 0 Å². The molecule has 0 aliphatic heterocycles. The summed E-state index contributed by atoms with van der Waals surface area (Å²) in [6.45, 7) is 8.54. The lowest BCUT2D eigenvalue weighted by Gasteiger charge is -2.30. The van der Waals surface area contributed by atoms with Crippen LogP contribution >= 0.6 is 11.3 Å². The van der Waals surface area contributed by atoms with Crippen molar-refractivity contribution in [3.05, 3.63) is 133 Å². The van der Waals surface area contributed by atoms with Crippen molar-refractivity contribution < 1.29 is 47.6 Å². The standard InChI is InChI=1S/C52H57N3O10S/c1-3-48(56)62-34-16-7-5-14-32-60-42-26-22-38(23-27-42)50(58)64-44-30-31-46(65-51(59)39-24-28-43(29-25-39)61-33-15-6-8-17-35-63-49(57)4-2)40(36-44)37-53-55(41-18-10-9-11-19-41)52-54-45-20-12-13-21-47(45)66-52/h3-4,12-13,20-31,36-37,41H,1-2,5-11,14-19,32-35H2/b53-37+. The van der Waals surface area contributed by atoms with Gasteiger partial charge in [0.25, 0.3) is 0 Å². The second-order valence-corrected chi connectivity index (χ2v) is 16.7. The topological polar surface area (TPSA) is 152 Å². The molecular weight excluding hydrogens is 859 g/mol. The zero-order valence-corrected chi connectivity index (χ0v) is 38.1. The van der Waals surface area contributed by atoms with Crippen LogP contribution in [0.15, 0.2) is 121 Å². The van der Waals surface area contributed by atoms with Crippen molar-refractivity contribution >= 4 is 56.8 Å². The minimum Gasteiger partial charge on any atom is -0.494 e. The fraction of sp³-hybridized carbons (Fsp3) is 0.346. The van der Waals surface area contributed by atoms with Crippen molar-refractivity contribution in [3.63, 3.8) is 0 Å². The molecule has 0 bridgehead atoms. The molecule has 1 aliphatic carbocycles. The molecule has 0 amide bonds. The van der Waals surface area contributed by atoms with Crippen LogP contribution in [0, 0.1) is 0 Å². The number of para-hydroxylation sites is 1. The predicted octanol–water partition coefficient (Wildman–Crippen LogP) is 11.2. The van der Waals surface area contributed by atoms with Crippen LogP contribution in [0.25, 0.3) is 10.2 Å². The number of esters is 4. The molecule has 66 heavy (non-hydrogen) atoms. The normalized spacial score (nSPS) is 12.6. The molecule has 5 aromatic rings. The predicted molar refractivity (Wildman–Crippen MR) is 256 cm³/mol. The summed E-state index contributed by atoms with van der Waals surface area (Å²) in [6, 6.07) is 26.4. The maximum Gasteiger partial charge on any atom is 0.343 e. The van der Waals surface area contributed by atoms with Crippen LogP contribution in [0.5, 0.6) is 23.0 Å². The Hall–Kier alpha value is -6.80. The number of fused-ring (bicyclic) bond motifs is 1. The van der Waals surface area contributed by atoms with E-state index in [0.717, 1.165) is 105 Å². The molecule has 0 radical (unpaired) electrons. The summed E-state index contributed by atoms with van der Waals surface area (Å²) in [5.74, 6) is -0.258. The van der Waals surface area contributed by atoms with E-state index < -0.39 is 23.9 Å². The van der Waals surface area contributed by atoms with E-state index in [1.54, 1.807) is 84.3 Å². The first-order valence-electron chi connectivity index (χ1n) is 22.6. The second-order valence-electron chi connectivity index (χ2n) is 15.6. The van der Waals surface area contributed by atoms with E-state index in [1.165, 1.54) is 6.42 Å². The highest BCUT2D eigenvalue weighted by Gasteiger charge is 2.24. The maximum absolute atomic E-state index is 13.6. The smallest absolute Gasteiger partial charge is 0.343 e. The van der Waals surface area contributed by atoms with Gasteiger partial charge in [-0.05, 0) is 143 Å². The van der Waals surface area contributed by atoms with Crippen molar-refractivity contribution in [2.75, 3.05) is 31.4 Å². The molecule has 0 spiro atoms. The first-order valence-corrected chi connectivity index (χ1v) is 23.4. The lowest BCUT2D eigenvalue weighted by Crippen LogP contribution is -2.32. The van der Waals surface area contributed by atoms with Gasteiger partial charge in [-0.15, -0.1) is 0 Å². The minimum atomic E-state index is -0.581. The fourth-order valence-corrected chi connectivity index (χ4v) is 8.15. The molecular formula is C52H57N3O10S. The number of carbonyl (C=O) groups excluding carboxylic acids is 4. The van der Waals surface area contributed by atoms with Crippen LogP contribution in [0.3, 0.4) is 0 Å². The number of hydrazone groups is 1. The quantitative estimate of drug-likeness (QED) is 0.0130. The number of hydrogen-bond donors (Lipinski definition) is 0. The van der Waals surface area contributed by atoms with Gasteiger partial charge in [0.15, 0.2) is 0 Å². The number of anilines is 1. The van der Waals surface area contributed by atoms with Gasteiger partial charge >= 0.3 is 23.9 Å². The number of unbranched alkanes of at least 4 members (excludes halogenated alkanes) is 6. The molecule has 1 saturated carbocycles. The van der Waals surface area contributed by atoms with E-state index in [1.807, 2.05) is 29.3 Å². The Morgan fingerprint density at radius 1 is 0.636 bits per heavy atom. The lowest BCUT2D eigenvalue weighted by atomic mass is 9.95. The summed E-state index contributed by atoms with van der Waals surface area (Å²) in [6.07, 6.45) is 16.1. The first kappa shape index (κ1) is 48.7. The Morgan fingerprint density at radius 2 is 1.17 bits per heavy atom. The first-order chi connectivity index (χ1) is 32.3. The number of aromatic nitrogens is 1. The molecule has 6 rings (SSSR count). The molecule has 0 N–H and O–H groups in total. The van der Waals surface area contributed by atoms with Crippen molar-refractivity contribution in [2.45, 2.75) is 89.5 Å². The van der Waals surface area contributed by atoms with Crippen LogP contribution < -0.4 is 24.0 Å². The van der Waals surface area contributed by atoms with Crippen LogP contribution in [-0.4, -0.2) is 67.5 Å². The van der Waals surface area contributed by atoms with Gasteiger partial charge in [0.1, 0.15) is 23.0 Å². The molecule has 0 atom stereocenters. The molecule has 1 aliphatic rings. The number of hydrogen-bond acceptors (Lipinski definition) is 14. The lowest BCUT2D eigenvalue weighted by molar-refractivity contribution is -0.138. The SMILES string of the molecule is C=CC(=O)OCCCCCCOc1ccc(C(=O)Oc2ccc(OC(=O)c3ccc(OCCCCCCOC(=O)C=C)cc3)c(/C=N/N(c3nc4ccccc4s3)C3CCCCC3)c2)cc1. The number of nitrogens with zero attached hydrogens (tertiary/aromatic N) is 3. The monoisotopic (exact) mass is 915 g/mol. The van der Waals surface area contributed by atoms with E-state index in [0.29, 0.717) is 54.6 Å². The van der Waals surface area contributed by atoms with E-state index in [9.17, 15) is 19.2 Å². The molecule has 4 aromatic carbocycles. The van der Waals surface area contributed by atoms with E-state index >= 15 is 0 Å². The zero-order valence-electron chi connectivity index (χ0n) is 37.2. The number of ether oxygens (including phenoxy) is 6. The zero-order chi connectivity index (χ0) is 46.4. The minimum absolute atomic E-state index is 0.129. The highest BCUT2D eigenvalue weighted by atomic mass is 32.1. The Balaban J connectivity index is 1.11. The summed E-state index contributed by atoms with van der Waals surface area (Å²) in [5.41, 5.74) is 1.98. The van der Waals surface area contributed by atoms with Gasteiger partial charge in [-0.2, -0.15) is 5.10 Å². The fourth-order valence-electron chi connectivity index (χ4n) is 7.15. The van der Waals surface area contributed by atoms with Crippen molar-refractivity contribution in [1.82, 2.24) is 4.98 Å². The van der Waals surface area contributed by atoms with E-state index in [4.69, 9.17) is 38.5 Å². The van der Waals surface area contributed by atoms with Crippen LogP contribution in [0.4, 0.5) is 5.13 Å². The Bertz CT molecular complexity index is 2370. The summed E-state index contributed by atoms with van der Waals surface area (Å²) >= 11 is 1.57. The Kier molecular flexibility index (Phi) is 19.3. The van der Waals surface area contributed by atoms with Gasteiger partial charge in [-0.25, -0.2) is 29.2 Å². The third-order valence-electron chi connectivity index (χ3n) is 10.7. The maximum atomic E-state index is 13.6. The van der Waals surface area contributed by atoms with Gasteiger partial charge in [-0.1, -0.05) is 55.9 Å². The van der Waals surface area contributed by atoms with Gasteiger partial charge in [0, 0.05) is 17.7 Å². The molecule has 14 heteroatoms. The van der Waals surface area contributed by atoms with Crippen LogP contribution in [-0.2, 0) is 19.1 Å². The molecule has 346 valence electrons. The molecule has 1 aromatic heterocycles. The molecule has 13 nitrogen and oxygen atoms in total. The van der Waals surface area contributed by atoms with Crippen LogP contribution in [0.1, 0.15) is 110 Å². The van der Waals surface area contributed by atoms with Gasteiger partial charge < -0.3 is 28.4 Å². The summed E-state index contributed by atoms with van der Waals surface area (Å²) in [7, 11) is 0. The van der Waals surface area contributed by atoms with E-state index in [2.05, 4.69) is 13.2 Å². The molecule has 1 heterocycles. The number of rotatable bonds is 26. The second kappa shape index (κ2) is 26.2. The van der Waals surface area contributed by atoms with Crippen molar-refractivity contribution in [3.8, 4) is 23.0 Å². The highest BCUT2D eigenvalue weighted by Crippen LogP contribution is 2.34. The van der Waals surface area contributed by atoms with Gasteiger partial charge in [0.05, 0.1) is 60.0 Å². The summed E-state index contributed by atoms with van der Waals surface area (Å²) in [5, 5.41) is 7.74. The molecule has 0 unspecified atom stereocenters. The van der Waals surface area contributed by atoms with Crippen LogP contribution in [0.2, 0.25) is 0 Å². The largest absolute Gasteiger partial charge is 0.494 e. The third-order valence-corrected chi connectivity index (χ3v) is 11.8. The van der Waals surface area contributed by atoms with Gasteiger partial charge in [0.2, 0.25) is 5.13 Å². The Labute approximate surface area is 390 Å². The van der Waals surface area contributed by atoms with E-state index in [-0.39, 0.29) is 17.5 Å². The number of thiazole rings is 1. The van der Waals surface area contributed by atoms with Crippen molar-refractivity contribution in [1.29, 1.82) is 0 Å². The third kappa shape index (κ3) is 15.4. The number of carbonyl (C=O) groups is 4. The summed E-state index contributed by atoms with van der Waals surface area (Å²) in [4.78, 5) is 54.3. The Morgan fingerprint density at radius 3 is 1.73 bits per heavy atom. The van der Waals surface area contributed by atoms with Crippen molar-refractivity contribution in [2.24, 2.45) is 5.10 Å². The molecule has 0 saturated heterocycles.